The van der Waals surface area contributed by atoms with E-state index in [4.69, 9.17) is 9.84 Å². The number of carbonyl (C=O) groups is 1. The molecular formula is C11H14ClNO3. The van der Waals surface area contributed by atoms with Gasteiger partial charge in [0.2, 0.25) is 0 Å². The second-order valence-electron chi connectivity index (χ2n) is 3.61. The Bertz CT molecular complexity index is 395. The molecule has 2 rings (SSSR count). The standard InChI is InChI=1S/C11H13NO3.ClH/c1-15-9-3-2-7-5-10(11(13)14)12-6-8(7)4-9;/h2-4,10,12H,5-6H2,1H3,(H,13,14);1H/t10-;/m0./s1. The van der Waals surface area contributed by atoms with Crippen LogP contribution in [0.25, 0.3) is 0 Å². The summed E-state index contributed by atoms with van der Waals surface area (Å²) in [7, 11) is 1.62. The Morgan fingerprint density at radius 2 is 2.25 bits per heavy atom. The van der Waals surface area contributed by atoms with Crippen LogP contribution in [0, 0.1) is 0 Å². The topological polar surface area (TPSA) is 58.6 Å². The highest BCUT2D eigenvalue weighted by molar-refractivity contribution is 5.85. The van der Waals surface area contributed by atoms with E-state index in [9.17, 15) is 4.79 Å². The molecule has 88 valence electrons. The van der Waals surface area contributed by atoms with Gasteiger partial charge in [0, 0.05) is 6.54 Å². The van der Waals surface area contributed by atoms with E-state index in [-0.39, 0.29) is 12.4 Å². The Balaban J connectivity index is 0.00000128. The summed E-state index contributed by atoms with van der Waals surface area (Å²) in [6, 6.07) is 5.28. The molecule has 1 aliphatic heterocycles. The lowest BCUT2D eigenvalue weighted by atomic mass is 9.96. The quantitative estimate of drug-likeness (QED) is 0.820. The van der Waals surface area contributed by atoms with E-state index in [1.807, 2.05) is 18.2 Å². The van der Waals surface area contributed by atoms with Crippen molar-refractivity contribution in [3.05, 3.63) is 29.3 Å². The van der Waals surface area contributed by atoms with E-state index in [0.717, 1.165) is 16.9 Å². The monoisotopic (exact) mass is 243 g/mol. The predicted octanol–water partition coefficient (Wildman–Crippen LogP) is 1.22. The molecule has 2 N–H and O–H groups in total. The average molecular weight is 244 g/mol. The number of hydrogen-bond donors (Lipinski definition) is 2. The first-order valence-corrected chi connectivity index (χ1v) is 4.82. The molecule has 1 heterocycles. The minimum absolute atomic E-state index is 0. The van der Waals surface area contributed by atoms with Crippen molar-refractivity contribution in [1.82, 2.24) is 5.32 Å². The normalized spacial score (nSPS) is 18.2. The van der Waals surface area contributed by atoms with Gasteiger partial charge in [-0.25, -0.2) is 0 Å². The van der Waals surface area contributed by atoms with Crippen LogP contribution in [0.1, 0.15) is 11.1 Å². The lowest BCUT2D eigenvalue weighted by Gasteiger charge is -2.23. The molecule has 0 unspecified atom stereocenters. The first-order chi connectivity index (χ1) is 7.20. The van der Waals surface area contributed by atoms with Crippen molar-refractivity contribution in [2.45, 2.75) is 19.0 Å². The third-order valence-corrected chi connectivity index (χ3v) is 2.67. The SMILES string of the molecule is COc1ccc2c(c1)CN[C@H](C(=O)O)C2.Cl. The van der Waals surface area contributed by atoms with Crippen LogP contribution in [-0.2, 0) is 17.8 Å². The van der Waals surface area contributed by atoms with Crippen molar-refractivity contribution in [2.24, 2.45) is 0 Å². The molecule has 0 amide bonds. The van der Waals surface area contributed by atoms with Gasteiger partial charge in [0.05, 0.1) is 7.11 Å². The summed E-state index contributed by atoms with van der Waals surface area (Å²) in [5.41, 5.74) is 2.20. The van der Waals surface area contributed by atoms with Gasteiger partial charge < -0.3 is 15.2 Å². The third-order valence-electron chi connectivity index (χ3n) is 2.67. The second-order valence-corrected chi connectivity index (χ2v) is 3.61. The fraction of sp³-hybridized carbons (Fsp3) is 0.364. The largest absolute Gasteiger partial charge is 0.497 e. The maximum atomic E-state index is 10.8. The van der Waals surface area contributed by atoms with E-state index in [0.29, 0.717) is 13.0 Å². The number of aliphatic carboxylic acids is 1. The Morgan fingerprint density at radius 1 is 1.50 bits per heavy atom. The van der Waals surface area contributed by atoms with E-state index < -0.39 is 12.0 Å². The molecule has 1 atom stereocenters. The summed E-state index contributed by atoms with van der Waals surface area (Å²) in [5.74, 6) is 0.0146. The van der Waals surface area contributed by atoms with Crippen molar-refractivity contribution in [3.8, 4) is 5.75 Å². The molecule has 4 nitrogen and oxygen atoms in total. The lowest BCUT2D eigenvalue weighted by Crippen LogP contribution is -2.41. The van der Waals surface area contributed by atoms with Crippen molar-refractivity contribution in [1.29, 1.82) is 0 Å². The van der Waals surface area contributed by atoms with E-state index in [1.54, 1.807) is 7.11 Å². The third kappa shape index (κ3) is 2.46. The van der Waals surface area contributed by atoms with Crippen LogP contribution < -0.4 is 10.1 Å². The maximum Gasteiger partial charge on any atom is 0.321 e. The molecule has 0 aliphatic carbocycles. The molecule has 0 spiro atoms. The van der Waals surface area contributed by atoms with Gasteiger partial charge in [0.1, 0.15) is 11.8 Å². The van der Waals surface area contributed by atoms with E-state index >= 15 is 0 Å². The average Bonchev–Trinajstić information content (AvgIpc) is 2.27. The number of carboxylic acid groups (broad SMARTS) is 1. The molecule has 0 saturated carbocycles. The van der Waals surface area contributed by atoms with E-state index in [2.05, 4.69) is 5.32 Å². The van der Waals surface area contributed by atoms with Gasteiger partial charge in [-0.05, 0) is 29.7 Å². The van der Waals surface area contributed by atoms with E-state index in [1.165, 1.54) is 0 Å². The molecule has 1 aliphatic rings. The molecular weight excluding hydrogens is 230 g/mol. The number of fused-ring (bicyclic) bond motifs is 1. The Morgan fingerprint density at radius 3 is 2.88 bits per heavy atom. The zero-order valence-electron chi connectivity index (χ0n) is 8.90. The van der Waals surface area contributed by atoms with Crippen LogP contribution in [0.2, 0.25) is 0 Å². The summed E-state index contributed by atoms with van der Waals surface area (Å²) in [5, 5.41) is 11.8. The minimum Gasteiger partial charge on any atom is -0.497 e. The van der Waals surface area contributed by atoms with Crippen LogP contribution in [0.4, 0.5) is 0 Å². The Hall–Kier alpha value is -1.26. The van der Waals surface area contributed by atoms with Crippen LogP contribution in [0.3, 0.4) is 0 Å². The first-order valence-electron chi connectivity index (χ1n) is 4.82. The molecule has 0 aromatic heterocycles. The van der Waals surface area contributed by atoms with Crippen molar-refractivity contribution < 1.29 is 14.6 Å². The smallest absolute Gasteiger partial charge is 0.321 e. The van der Waals surface area contributed by atoms with Gasteiger partial charge >= 0.3 is 5.97 Å². The van der Waals surface area contributed by atoms with Gasteiger partial charge in [0.15, 0.2) is 0 Å². The lowest BCUT2D eigenvalue weighted by molar-refractivity contribution is -0.139. The molecule has 16 heavy (non-hydrogen) atoms. The zero-order chi connectivity index (χ0) is 10.8. The van der Waals surface area contributed by atoms with Gasteiger partial charge in [-0.1, -0.05) is 6.07 Å². The maximum absolute atomic E-state index is 10.8. The van der Waals surface area contributed by atoms with Crippen molar-refractivity contribution in [2.75, 3.05) is 7.11 Å². The summed E-state index contributed by atoms with van der Waals surface area (Å²) < 4.78 is 5.11. The van der Waals surface area contributed by atoms with Crippen LogP contribution in [0.5, 0.6) is 5.75 Å². The highest BCUT2D eigenvalue weighted by atomic mass is 35.5. The van der Waals surface area contributed by atoms with Crippen LogP contribution in [0.15, 0.2) is 18.2 Å². The molecule has 1 aromatic rings. The molecule has 0 saturated heterocycles. The molecule has 0 radical (unpaired) electrons. The summed E-state index contributed by atoms with van der Waals surface area (Å²) in [6.45, 7) is 0.587. The molecule has 5 heteroatoms. The number of benzene rings is 1. The second kappa shape index (κ2) is 5.18. The number of nitrogens with one attached hydrogen (secondary N) is 1. The van der Waals surface area contributed by atoms with Crippen LogP contribution >= 0.6 is 12.4 Å². The van der Waals surface area contributed by atoms with Crippen molar-refractivity contribution in [3.63, 3.8) is 0 Å². The summed E-state index contributed by atoms with van der Waals surface area (Å²) in [4.78, 5) is 10.8. The summed E-state index contributed by atoms with van der Waals surface area (Å²) >= 11 is 0. The fourth-order valence-corrected chi connectivity index (χ4v) is 1.79. The number of halogens is 1. The Labute approximate surface area is 100 Å². The van der Waals surface area contributed by atoms with Gasteiger partial charge in [-0.3, -0.25) is 4.79 Å². The predicted molar refractivity (Wildman–Crippen MR) is 62.2 cm³/mol. The molecule has 0 bridgehead atoms. The highest BCUT2D eigenvalue weighted by Crippen LogP contribution is 2.22. The number of rotatable bonds is 2. The minimum atomic E-state index is -0.795. The summed E-state index contributed by atoms with van der Waals surface area (Å²) in [6.07, 6.45) is 0.536. The highest BCUT2D eigenvalue weighted by Gasteiger charge is 2.23. The van der Waals surface area contributed by atoms with Gasteiger partial charge in [0.25, 0.3) is 0 Å². The Kier molecular flexibility index (Phi) is 4.15. The molecule has 1 aromatic carbocycles. The van der Waals surface area contributed by atoms with Gasteiger partial charge in [-0.2, -0.15) is 0 Å². The number of ether oxygens (including phenoxy) is 1. The van der Waals surface area contributed by atoms with Crippen LogP contribution in [-0.4, -0.2) is 24.2 Å². The first kappa shape index (κ1) is 12.8. The zero-order valence-corrected chi connectivity index (χ0v) is 9.71. The van der Waals surface area contributed by atoms with Gasteiger partial charge in [-0.15, -0.1) is 12.4 Å². The number of hydrogen-bond acceptors (Lipinski definition) is 3. The number of methoxy groups -OCH3 is 1. The van der Waals surface area contributed by atoms with Crippen molar-refractivity contribution >= 4 is 18.4 Å². The molecule has 0 fully saturated rings. The number of carboxylic acids is 1. The fourth-order valence-electron chi connectivity index (χ4n) is 1.79.